The van der Waals surface area contributed by atoms with E-state index in [0.717, 1.165) is 12.5 Å². The number of benzene rings is 1. The van der Waals surface area contributed by atoms with Gasteiger partial charge in [-0.05, 0) is 44.4 Å². The third kappa shape index (κ3) is 13.3. The maximum absolute atomic E-state index is 12.9. The summed E-state index contributed by atoms with van der Waals surface area (Å²) in [5, 5.41) is 9.20. The Morgan fingerprint density at radius 1 is 1.06 bits per heavy atom. The van der Waals surface area contributed by atoms with E-state index in [4.69, 9.17) is 18.9 Å². The van der Waals surface area contributed by atoms with Crippen molar-refractivity contribution in [1.82, 2.24) is 4.90 Å². The van der Waals surface area contributed by atoms with Crippen LogP contribution in [0.3, 0.4) is 0 Å². The molecule has 194 valence electrons. The number of carboxylic acid groups (broad SMARTS) is 1. The molecule has 0 radical (unpaired) electrons. The van der Waals surface area contributed by atoms with E-state index in [9.17, 15) is 23.5 Å². The number of methoxy groups -OCH3 is 1. The minimum atomic E-state index is -2.68. The summed E-state index contributed by atoms with van der Waals surface area (Å²) < 4.78 is 46.9. The summed E-state index contributed by atoms with van der Waals surface area (Å²) in [7, 11) is 1.51. The molecule has 1 atom stereocenters. The van der Waals surface area contributed by atoms with Gasteiger partial charge in [0.15, 0.2) is 6.10 Å². The van der Waals surface area contributed by atoms with Gasteiger partial charge < -0.3 is 29.0 Å². The van der Waals surface area contributed by atoms with Crippen LogP contribution in [0.5, 0.6) is 5.75 Å². The second kappa shape index (κ2) is 16.2. The van der Waals surface area contributed by atoms with E-state index in [1.54, 1.807) is 31.2 Å². The number of amides is 1. The van der Waals surface area contributed by atoms with E-state index >= 15 is 0 Å². The van der Waals surface area contributed by atoms with Crippen molar-refractivity contribution < 1.29 is 42.4 Å². The largest absolute Gasteiger partial charge is 0.492 e. The highest BCUT2D eigenvalue weighted by Crippen LogP contribution is 2.20. The molecule has 0 aliphatic rings. The molecule has 1 rings (SSSR count). The molecule has 8 nitrogen and oxygen atoms in total. The minimum Gasteiger partial charge on any atom is -0.492 e. The van der Waals surface area contributed by atoms with Gasteiger partial charge in [0, 0.05) is 33.1 Å². The first kappa shape index (κ1) is 29.6. The smallest absolute Gasteiger partial charge is 0.409 e. The number of alkyl halides is 2. The van der Waals surface area contributed by atoms with E-state index < -0.39 is 24.1 Å². The first-order valence-electron chi connectivity index (χ1n) is 11.5. The first-order valence-corrected chi connectivity index (χ1v) is 11.5. The average molecular weight is 490 g/mol. The molecule has 10 heteroatoms. The fraction of sp³-hybridized carbons (Fsp3) is 0.667. The van der Waals surface area contributed by atoms with E-state index in [1.165, 1.54) is 12.0 Å². The summed E-state index contributed by atoms with van der Waals surface area (Å²) in [5.41, 5.74) is 0.800. The number of ether oxygens (including phenoxy) is 4. The number of carboxylic acids is 1. The molecular weight excluding hydrogens is 452 g/mol. The fourth-order valence-corrected chi connectivity index (χ4v) is 3.14. The van der Waals surface area contributed by atoms with E-state index in [1.807, 2.05) is 0 Å². The highest BCUT2D eigenvalue weighted by atomic mass is 19.3. The first-order chi connectivity index (χ1) is 16.2. The van der Waals surface area contributed by atoms with Crippen LogP contribution in [0.2, 0.25) is 0 Å². The van der Waals surface area contributed by atoms with Crippen molar-refractivity contribution in [3.8, 4) is 5.75 Å². The van der Waals surface area contributed by atoms with Crippen LogP contribution in [0, 0.1) is 0 Å². The van der Waals surface area contributed by atoms with Crippen LogP contribution in [0.1, 0.15) is 45.1 Å². The molecule has 34 heavy (non-hydrogen) atoms. The Bertz CT molecular complexity index is 710. The van der Waals surface area contributed by atoms with Gasteiger partial charge in [-0.1, -0.05) is 18.6 Å². The Balaban J connectivity index is 2.53. The molecule has 1 unspecified atom stereocenters. The molecule has 1 amide bonds. The summed E-state index contributed by atoms with van der Waals surface area (Å²) in [6.45, 7) is 4.21. The molecule has 0 bridgehead atoms. The van der Waals surface area contributed by atoms with Crippen molar-refractivity contribution in [2.75, 3.05) is 46.6 Å². The zero-order valence-corrected chi connectivity index (χ0v) is 20.3. The molecule has 0 spiro atoms. The molecule has 1 aromatic carbocycles. The van der Waals surface area contributed by atoms with Crippen molar-refractivity contribution in [2.24, 2.45) is 0 Å². The predicted octanol–water partition coefficient (Wildman–Crippen LogP) is 4.40. The van der Waals surface area contributed by atoms with Crippen LogP contribution in [-0.4, -0.2) is 80.7 Å². The van der Waals surface area contributed by atoms with Crippen LogP contribution < -0.4 is 4.74 Å². The molecular formula is C24H37F2NO7. The molecule has 0 saturated heterocycles. The van der Waals surface area contributed by atoms with Gasteiger partial charge in [-0.3, -0.25) is 0 Å². The van der Waals surface area contributed by atoms with Crippen LogP contribution in [0.25, 0.3) is 0 Å². The Hall–Kier alpha value is -2.46. The lowest BCUT2D eigenvalue weighted by molar-refractivity contribution is -0.149. The number of nitrogens with zero attached hydrogens (tertiary/aromatic N) is 1. The quantitative estimate of drug-likeness (QED) is 0.306. The highest BCUT2D eigenvalue weighted by Gasteiger charge is 2.20. The Morgan fingerprint density at radius 3 is 2.35 bits per heavy atom. The van der Waals surface area contributed by atoms with Crippen LogP contribution in [-0.2, 0) is 25.4 Å². The maximum Gasteiger partial charge on any atom is 0.409 e. The fourth-order valence-electron chi connectivity index (χ4n) is 3.14. The van der Waals surface area contributed by atoms with Gasteiger partial charge in [0.05, 0.1) is 13.2 Å². The van der Waals surface area contributed by atoms with E-state index in [-0.39, 0.29) is 39.2 Å². The lowest BCUT2D eigenvalue weighted by Crippen LogP contribution is -2.36. The average Bonchev–Trinajstić information content (AvgIpc) is 2.77. The third-order valence-electron chi connectivity index (χ3n) is 4.93. The zero-order chi connectivity index (χ0) is 25.4. The molecule has 1 aromatic rings. The molecule has 0 aromatic heterocycles. The van der Waals surface area contributed by atoms with E-state index in [0.29, 0.717) is 38.2 Å². The van der Waals surface area contributed by atoms with Crippen molar-refractivity contribution in [3.63, 3.8) is 0 Å². The second-order valence-electron chi connectivity index (χ2n) is 7.95. The van der Waals surface area contributed by atoms with Crippen molar-refractivity contribution >= 4 is 12.1 Å². The van der Waals surface area contributed by atoms with Crippen LogP contribution in [0.15, 0.2) is 24.3 Å². The molecule has 0 heterocycles. The highest BCUT2D eigenvalue weighted by molar-refractivity contribution is 5.72. The summed E-state index contributed by atoms with van der Waals surface area (Å²) >= 11 is 0. The summed E-state index contributed by atoms with van der Waals surface area (Å²) in [4.78, 5) is 25.1. The van der Waals surface area contributed by atoms with Gasteiger partial charge in [-0.15, -0.1) is 0 Å². The second-order valence-corrected chi connectivity index (χ2v) is 7.95. The minimum absolute atomic E-state index is 0.120. The maximum atomic E-state index is 12.9. The number of rotatable bonds is 18. The summed E-state index contributed by atoms with van der Waals surface area (Å²) in [6, 6.07) is 6.99. The molecule has 0 aliphatic carbocycles. The summed E-state index contributed by atoms with van der Waals surface area (Å²) in [5.74, 6) is -3.12. The van der Waals surface area contributed by atoms with Gasteiger partial charge in [-0.25, -0.2) is 18.4 Å². The molecule has 0 fully saturated rings. The lowest BCUT2D eigenvalue weighted by Gasteiger charge is -2.22. The van der Waals surface area contributed by atoms with E-state index in [2.05, 4.69) is 0 Å². The normalized spacial score (nSPS) is 12.3. The third-order valence-corrected chi connectivity index (χ3v) is 4.93. The van der Waals surface area contributed by atoms with Gasteiger partial charge in [0.1, 0.15) is 19.0 Å². The zero-order valence-electron chi connectivity index (χ0n) is 20.3. The van der Waals surface area contributed by atoms with Crippen molar-refractivity contribution in [3.05, 3.63) is 29.8 Å². The number of hydrogen-bond donors (Lipinski definition) is 1. The monoisotopic (exact) mass is 489 g/mol. The summed E-state index contributed by atoms with van der Waals surface area (Å²) in [6.07, 6.45) is 0.189. The van der Waals surface area contributed by atoms with Crippen molar-refractivity contribution in [1.29, 1.82) is 0 Å². The van der Waals surface area contributed by atoms with Gasteiger partial charge in [0.2, 0.25) is 5.92 Å². The number of aliphatic carboxylic acids is 1. The van der Waals surface area contributed by atoms with Gasteiger partial charge in [-0.2, -0.15) is 0 Å². The molecule has 0 aliphatic heterocycles. The SMILES string of the molecule is CCOC(Cc1ccc(OCCN(CCCCCC(C)(F)F)C(=O)OCCOC)cc1)C(=O)O. The molecule has 1 N–H and O–H groups in total. The number of halogens is 2. The topological polar surface area (TPSA) is 94.5 Å². The van der Waals surface area contributed by atoms with Gasteiger partial charge in [0.25, 0.3) is 0 Å². The number of carbonyl (C=O) groups excluding carboxylic acids is 1. The lowest BCUT2D eigenvalue weighted by atomic mass is 10.1. The Labute approximate surface area is 200 Å². The van der Waals surface area contributed by atoms with Crippen LogP contribution >= 0.6 is 0 Å². The Kier molecular flexibility index (Phi) is 14.1. The van der Waals surface area contributed by atoms with Crippen LogP contribution in [0.4, 0.5) is 13.6 Å². The number of carbonyl (C=O) groups is 2. The van der Waals surface area contributed by atoms with Crippen molar-refractivity contribution in [2.45, 2.75) is 58.0 Å². The molecule has 0 saturated carbocycles. The Morgan fingerprint density at radius 2 is 1.76 bits per heavy atom. The standard InChI is InChI=1S/C24H37F2NO7/c1-4-32-21(22(28)29)18-19-8-10-20(11-9-19)33-15-14-27(23(30)34-17-16-31-3)13-7-5-6-12-24(2,25)26/h8-11,21H,4-7,12-18H2,1-3H3,(H,28,29). The predicted molar refractivity (Wildman–Crippen MR) is 123 cm³/mol. The number of hydrogen-bond acceptors (Lipinski definition) is 6. The van der Waals surface area contributed by atoms with Gasteiger partial charge >= 0.3 is 12.1 Å². The number of unbranched alkanes of at least 4 members (excludes halogenated alkanes) is 2.